The Bertz CT molecular complexity index is 791. The summed E-state index contributed by atoms with van der Waals surface area (Å²) in [5.41, 5.74) is 0.124. The number of rotatable bonds is 9. The van der Waals surface area contributed by atoms with Crippen LogP contribution in [0.3, 0.4) is 0 Å². The summed E-state index contributed by atoms with van der Waals surface area (Å²) in [5.74, 6) is 0.144. The molecule has 0 heterocycles. The van der Waals surface area contributed by atoms with Crippen LogP contribution in [0.2, 0.25) is 0 Å². The largest absolute Gasteiger partial charge is 1.00 e. The van der Waals surface area contributed by atoms with Gasteiger partial charge in [-0.25, -0.2) is 0 Å². The predicted molar refractivity (Wildman–Crippen MR) is 94.7 cm³/mol. The van der Waals surface area contributed by atoms with Crippen molar-refractivity contribution in [2.24, 2.45) is 0 Å². The molecule has 7 heteroatoms. The number of para-hydroxylation sites is 1. The zero-order valence-corrected chi connectivity index (χ0v) is 18.1. The van der Waals surface area contributed by atoms with Gasteiger partial charge in [0, 0.05) is 6.07 Å². The molecule has 136 valence electrons. The molecule has 0 aliphatic carbocycles. The normalized spacial score (nSPS) is 11.0. The van der Waals surface area contributed by atoms with Gasteiger partial charge in [0.05, 0.1) is 0 Å². The van der Waals surface area contributed by atoms with E-state index in [1.54, 1.807) is 24.3 Å². The molecule has 0 fully saturated rings. The summed E-state index contributed by atoms with van der Waals surface area (Å²) in [6.45, 7) is 2.11. The third-order valence-corrected chi connectivity index (χ3v) is 4.85. The van der Waals surface area contributed by atoms with E-state index in [-0.39, 0.29) is 45.8 Å². The van der Waals surface area contributed by atoms with E-state index in [0.717, 1.165) is 25.7 Å². The second kappa shape index (κ2) is 10.9. The zero-order chi connectivity index (χ0) is 18.3. The summed E-state index contributed by atoms with van der Waals surface area (Å²) >= 11 is 0. The molecule has 0 unspecified atom stereocenters. The number of benzene rings is 2. The summed E-state index contributed by atoms with van der Waals surface area (Å²) < 4.78 is 38.4. The van der Waals surface area contributed by atoms with E-state index < -0.39 is 15.9 Å². The Labute approximate surface area is 177 Å². The van der Waals surface area contributed by atoms with Crippen molar-refractivity contribution >= 4 is 10.1 Å². The molecule has 2 aromatic rings. The van der Waals surface area contributed by atoms with Gasteiger partial charge in [-0.2, -0.15) is 8.42 Å². The van der Waals surface area contributed by atoms with Gasteiger partial charge in [0.1, 0.15) is 16.4 Å². The van der Waals surface area contributed by atoms with Crippen molar-refractivity contribution in [3.05, 3.63) is 48.0 Å². The molecule has 0 saturated carbocycles. The number of hydrogen-bond donors (Lipinski definition) is 1. The Morgan fingerprint density at radius 1 is 1.00 bits per heavy atom. The second-order valence-corrected chi connectivity index (χ2v) is 7.34. The summed E-state index contributed by atoms with van der Waals surface area (Å²) in [6.07, 6.45) is 5.20. The van der Waals surface area contributed by atoms with Crippen molar-refractivity contribution in [2.45, 2.75) is 50.3 Å². The maximum atomic E-state index is 12.4. The third-order valence-electron chi connectivity index (χ3n) is 3.93. The van der Waals surface area contributed by atoms with Crippen LogP contribution >= 0.6 is 0 Å². The molecule has 0 amide bonds. The van der Waals surface area contributed by atoms with Crippen LogP contribution in [0.5, 0.6) is 17.2 Å². The van der Waals surface area contributed by atoms with E-state index >= 15 is 0 Å². The Morgan fingerprint density at radius 3 is 2.27 bits per heavy atom. The maximum absolute atomic E-state index is 12.4. The molecule has 0 spiro atoms. The second-order valence-electron chi connectivity index (χ2n) is 5.95. The number of ether oxygens (including phenoxy) is 1. The molecule has 26 heavy (non-hydrogen) atoms. The van der Waals surface area contributed by atoms with Crippen molar-refractivity contribution in [3.8, 4) is 17.2 Å². The van der Waals surface area contributed by atoms with Crippen LogP contribution < -0.4 is 39.4 Å². The summed E-state index contributed by atoms with van der Waals surface area (Å²) in [4.78, 5) is -0.360. The third kappa shape index (κ3) is 6.93. The van der Waals surface area contributed by atoms with E-state index in [9.17, 15) is 18.1 Å². The minimum atomic E-state index is -4.50. The van der Waals surface area contributed by atoms with Crippen LogP contribution in [0, 0.1) is 0 Å². The first-order chi connectivity index (χ1) is 11.9. The Kier molecular flexibility index (Phi) is 9.68. The molecule has 0 radical (unpaired) electrons. The van der Waals surface area contributed by atoms with Gasteiger partial charge in [0.15, 0.2) is 0 Å². The molecule has 0 aliphatic rings. The van der Waals surface area contributed by atoms with E-state index in [4.69, 9.17) is 4.74 Å². The zero-order valence-electron chi connectivity index (χ0n) is 15.3. The van der Waals surface area contributed by atoms with Gasteiger partial charge in [-0.15, -0.1) is 5.75 Å². The summed E-state index contributed by atoms with van der Waals surface area (Å²) in [7, 11) is -4.50. The molecule has 0 bridgehead atoms. The van der Waals surface area contributed by atoms with E-state index in [2.05, 4.69) is 6.92 Å². The SMILES string of the molecule is CCCCCCCc1c([O-])cc(Oc2ccccc2)cc1S(=O)(=O)O.[Na+]. The van der Waals surface area contributed by atoms with Crippen molar-refractivity contribution in [1.29, 1.82) is 0 Å². The predicted octanol–water partition coefficient (Wildman–Crippen LogP) is 1.32. The first kappa shape index (κ1) is 23.0. The van der Waals surface area contributed by atoms with Crippen LogP contribution in [0.4, 0.5) is 0 Å². The van der Waals surface area contributed by atoms with E-state index in [0.29, 0.717) is 18.6 Å². The summed E-state index contributed by atoms with van der Waals surface area (Å²) in [6, 6.07) is 11.2. The van der Waals surface area contributed by atoms with Gasteiger partial charge in [-0.3, -0.25) is 4.55 Å². The molecule has 0 aliphatic heterocycles. The average Bonchev–Trinajstić information content (AvgIpc) is 2.56. The molecular formula is C19H23NaO5S. The molecule has 2 aromatic carbocycles. The van der Waals surface area contributed by atoms with Crippen LogP contribution in [0.15, 0.2) is 47.4 Å². The minimum absolute atomic E-state index is 0. The van der Waals surface area contributed by atoms with Crippen molar-refractivity contribution in [3.63, 3.8) is 0 Å². The molecular weight excluding hydrogens is 363 g/mol. The monoisotopic (exact) mass is 386 g/mol. The smallest absolute Gasteiger partial charge is 0.872 e. The van der Waals surface area contributed by atoms with Crippen LogP contribution in [-0.4, -0.2) is 13.0 Å². The average molecular weight is 386 g/mol. The van der Waals surface area contributed by atoms with Gasteiger partial charge in [-0.05, 0) is 36.6 Å². The Morgan fingerprint density at radius 2 is 1.65 bits per heavy atom. The molecule has 0 aromatic heterocycles. The number of hydrogen-bond acceptors (Lipinski definition) is 4. The van der Waals surface area contributed by atoms with Gasteiger partial charge in [-0.1, -0.05) is 50.8 Å². The quantitative estimate of drug-likeness (QED) is 0.399. The molecule has 2 rings (SSSR count). The Balaban J connectivity index is 0.00000338. The molecule has 5 nitrogen and oxygen atoms in total. The molecule has 0 atom stereocenters. The van der Waals surface area contributed by atoms with Crippen molar-refractivity contribution in [2.75, 3.05) is 0 Å². The van der Waals surface area contributed by atoms with Crippen LogP contribution in [0.25, 0.3) is 0 Å². The topological polar surface area (TPSA) is 86.7 Å². The first-order valence-corrected chi connectivity index (χ1v) is 9.90. The molecule has 0 saturated heterocycles. The van der Waals surface area contributed by atoms with Gasteiger partial charge < -0.3 is 9.84 Å². The van der Waals surface area contributed by atoms with Gasteiger partial charge >= 0.3 is 29.6 Å². The maximum Gasteiger partial charge on any atom is 1.00 e. The van der Waals surface area contributed by atoms with Gasteiger partial charge in [0.2, 0.25) is 0 Å². The van der Waals surface area contributed by atoms with Crippen molar-refractivity contribution < 1.29 is 52.4 Å². The van der Waals surface area contributed by atoms with Gasteiger partial charge in [0.25, 0.3) is 10.1 Å². The summed E-state index contributed by atoms with van der Waals surface area (Å²) in [5, 5.41) is 12.4. The fraction of sp³-hybridized carbons (Fsp3) is 0.368. The fourth-order valence-electron chi connectivity index (χ4n) is 2.66. The van der Waals surface area contributed by atoms with Crippen LogP contribution in [-0.2, 0) is 16.5 Å². The van der Waals surface area contributed by atoms with Crippen LogP contribution in [0.1, 0.15) is 44.6 Å². The first-order valence-electron chi connectivity index (χ1n) is 8.46. The fourth-order valence-corrected chi connectivity index (χ4v) is 3.44. The number of unbranched alkanes of at least 4 members (excludes halogenated alkanes) is 4. The van der Waals surface area contributed by atoms with E-state index in [1.807, 2.05) is 6.07 Å². The van der Waals surface area contributed by atoms with Crippen molar-refractivity contribution in [1.82, 2.24) is 0 Å². The van der Waals surface area contributed by atoms with E-state index in [1.165, 1.54) is 12.1 Å². The molecule has 1 N–H and O–H groups in total. The standard InChI is InChI=1S/C19H24O5S.Na/c1-2-3-4-5-9-12-17-18(20)13-16(14-19(17)25(21,22)23)24-15-10-7-6-8-11-15;/h6-8,10-11,13-14,20H,2-5,9,12H2,1H3,(H,21,22,23);/q;+1/p-1. The Hall–Kier alpha value is -1.05. The minimum Gasteiger partial charge on any atom is -0.872 e.